The molecule has 0 fully saturated rings. The second-order valence-corrected chi connectivity index (χ2v) is 8.30. The number of carbonyl (C=O) groups is 1. The molecule has 0 unspecified atom stereocenters. The lowest BCUT2D eigenvalue weighted by Gasteiger charge is -2.13. The third-order valence-corrected chi connectivity index (χ3v) is 6.23. The molecular weight excluding hydrogens is 376 g/mol. The van der Waals surface area contributed by atoms with Crippen molar-refractivity contribution in [3.05, 3.63) is 45.8 Å². The van der Waals surface area contributed by atoms with Gasteiger partial charge in [-0.1, -0.05) is 25.5 Å². The minimum Gasteiger partial charge on any atom is -0.465 e. The number of nitrogens with one attached hydrogen (secondary N) is 2. The summed E-state index contributed by atoms with van der Waals surface area (Å²) < 4.78 is 5.01. The molecule has 0 amide bonds. The van der Waals surface area contributed by atoms with Crippen molar-refractivity contribution in [3.63, 3.8) is 0 Å². The number of thiophene rings is 1. The molecule has 1 aromatic carbocycles. The Kier molecular flexibility index (Phi) is 6.85. The van der Waals surface area contributed by atoms with Gasteiger partial charge >= 0.3 is 5.97 Å². The number of fused-ring (bicyclic) bond motifs is 1. The summed E-state index contributed by atoms with van der Waals surface area (Å²) in [7, 11) is 1.43. The molecule has 1 heterocycles. The lowest BCUT2D eigenvalue weighted by atomic mass is 9.95. The summed E-state index contributed by atoms with van der Waals surface area (Å²) in [5.41, 5.74) is 4.05. The van der Waals surface area contributed by atoms with Crippen LogP contribution in [0.2, 0.25) is 0 Å². The number of thiocarbonyl (C=S) groups is 1. The molecule has 144 valence electrons. The van der Waals surface area contributed by atoms with Crippen LogP contribution in [0.5, 0.6) is 0 Å². The van der Waals surface area contributed by atoms with E-state index in [1.165, 1.54) is 36.8 Å². The van der Waals surface area contributed by atoms with E-state index in [0.717, 1.165) is 41.9 Å². The van der Waals surface area contributed by atoms with Gasteiger partial charge in [0, 0.05) is 10.6 Å². The van der Waals surface area contributed by atoms with E-state index in [0.29, 0.717) is 10.7 Å². The Balaban J connectivity index is 1.70. The summed E-state index contributed by atoms with van der Waals surface area (Å²) in [5.74, 6) is -0.292. The minimum atomic E-state index is -0.292. The number of esters is 1. The van der Waals surface area contributed by atoms with Gasteiger partial charge in [-0.15, -0.1) is 11.3 Å². The van der Waals surface area contributed by atoms with Crippen molar-refractivity contribution in [2.24, 2.45) is 0 Å². The Morgan fingerprint density at radius 3 is 2.63 bits per heavy atom. The predicted molar refractivity (Wildman–Crippen MR) is 117 cm³/mol. The molecule has 27 heavy (non-hydrogen) atoms. The summed E-state index contributed by atoms with van der Waals surface area (Å²) >= 11 is 7.09. The van der Waals surface area contributed by atoms with Crippen LogP contribution in [0.4, 0.5) is 10.7 Å². The van der Waals surface area contributed by atoms with E-state index in [2.05, 4.69) is 29.7 Å². The molecule has 1 aliphatic carbocycles. The maximum absolute atomic E-state index is 12.3. The number of ether oxygens (including phenoxy) is 1. The Hall–Kier alpha value is -1.92. The number of benzene rings is 1. The molecule has 6 heteroatoms. The molecule has 2 aromatic rings. The van der Waals surface area contributed by atoms with Crippen LogP contribution in [0.1, 0.15) is 59.0 Å². The highest BCUT2D eigenvalue weighted by Gasteiger charge is 2.26. The lowest BCUT2D eigenvalue weighted by Crippen LogP contribution is -2.20. The van der Waals surface area contributed by atoms with Gasteiger partial charge in [-0.3, -0.25) is 0 Å². The van der Waals surface area contributed by atoms with Gasteiger partial charge in [0.15, 0.2) is 5.11 Å². The summed E-state index contributed by atoms with van der Waals surface area (Å²) in [4.78, 5) is 13.6. The molecule has 4 nitrogen and oxygen atoms in total. The van der Waals surface area contributed by atoms with Crippen molar-refractivity contribution in [2.75, 3.05) is 17.7 Å². The van der Waals surface area contributed by atoms with E-state index in [4.69, 9.17) is 17.0 Å². The SMILES string of the molecule is CCCCc1ccc(NC(=S)Nc2sc3c(c2C(=O)OC)CCCC3)cc1. The van der Waals surface area contributed by atoms with E-state index >= 15 is 0 Å². The Bertz CT molecular complexity index is 812. The van der Waals surface area contributed by atoms with Crippen molar-refractivity contribution in [1.29, 1.82) is 0 Å². The molecular formula is C21H26N2O2S2. The fourth-order valence-corrected chi connectivity index (χ4v) is 4.94. The van der Waals surface area contributed by atoms with E-state index in [-0.39, 0.29) is 5.97 Å². The first kappa shape index (κ1) is 19.8. The van der Waals surface area contributed by atoms with Crippen LogP contribution >= 0.6 is 23.6 Å². The van der Waals surface area contributed by atoms with E-state index in [1.54, 1.807) is 11.3 Å². The molecule has 3 rings (SSSR count). The monoisotopic (exact) mass is 402 g/mol. The molecule has 0 radical (unpaired) electrons. The van der Waals surface area contributed by atoms with Crippen LogP contribution in [0.3, 0.4) is 0 Å². The largest absolute Gasteiger partial charge is 0.465 e. The maximum Gasteiger partial charge on any atom is 0.341 e. The average molecular weight is 403 g/mol. The van der Waals surface area contributed by atoms with Gasteiger partial charge in [0.25, 0.3) is 0 Å². The number of carbonyl (C=O) groups excluding carboxylic acids is 1. The van der Waals surface area contributed by atoms with Crippen molar-refractivity contribution >= 4 is 45.3 Å². The van der Waals surface area contributed by atoms with Gasteiger partial charge in [-0.2, -0.15) is 0 Å². The normalized spacial score (nSPS) is 13.0. The quantitative estimate of drug-likeness (QED) is 0.489. The van der Waals surface area contributed by atoms with Crippen molar-refractivity contribution < 1.29 is 9.53 Å². The standard InChI is InChI=1S/C21H26N2O2S2/c1-3-4-7-14-10-12-15(13-11-14)22-21(26)23-19-18(20(24)25-2)16-8-5-6-9-17(16)27-19/h10-13H,3-9H2,1-2H3,(H2,22,23,26). The third-order valence-electron chi connectivity index (χ3n) is 4.82. The van der Waals surface area contributed by atoms with Gasteiger partial charge < -0.3 is 15.4 Å². The minimum absolute atomic E-state index is 0.292. The van der Waals surface area contributed by atoms with Crippen LogP contribution in [0, 0.1) is 0 Å². The summed E-state index contributed by atoms with van der Waals surface area (Å²) in [6.07, 6.45) is 7.72. The van der Waals surface area contributed by atoms with Crippen LogP contribution in [0.25, 0.3) is 0 Å². The van der Waals surface area contributed by atoms with Gasteiger partial charge in [-0.25, -0.2) is 4.79 Å². The van der Waals surface area contributed by atoms with Gasteiger partial charge in [0.05, 0.1) is 12.7 Å². The highest BCUT2D eigenvalue weighted by Crippen LogP contribution is 2.38. The Morgan fingerprint density at radius 2 is 1.93 bits per heavy atom. The van der Waals surface area contributed by atoms with Gasteiger partial charge in [-0.05, 0) is 74.0 Å². The highest BCUT2D eigenvalue weighted by molar-refractivity contribution is 7.80. The second kappa shape index (κ2) is 9.33. The number of rotatable bonds is 6. The molecule has 0 saturated heterocycles. The number of anilines is 2. The van der Waals surface area contributed by atoms with Crippen LogP contribution < -0.4 is 10.6 Å². The molecule has 2 N–H and O–H groups in total. The zero-order valence-corrected chi connectivity index (χ0v) is 17.5. The molecule has 0 saturated carbocycles. The summed E-state index contributed by atoms with van der Waals surface area (Å²) in [6.45, 7) is 2.20. The van der Waals surface area contributed by atoms with Crippen LogP contribution in [-0.4, -0.2) is 18.2 Å². The fraction of sp³-hybridized carbons (Fsp3) is 0.429. The third kappa shape index (κ3) is 4.87. The van der Waals surface area contributed by atoms with Crippen molar-refractivity contribution in [1.82, 2.24) is 0 Å². The van der Waals surface area contributed by atoms with Gasteiger partial charge in [0.1, 0.15) is 5.00 Å². The number of hydrogen-bond acceptors (Lipinski definition) is 4. The first-order chi connectivity index (χ1) is 13.1. The molecule has 1 aliphatic rings. The van der Waals surface area contributed by atoms with Crippen LogP contribution in [0.15, 0.2) is 24.3 Å². The van der Waals surface area contributed by atoms with E-state index in [9.17, 15) is 4.79 Å². The highest BCUT2D eigenvalue weighted by atomic mass is 32.1. The lowest BCUT2D eigenvalue weighted by molar-refractivity contribution is 0.0601. The predicted octanol–water partition coefficient (Wildman–Crippen LogP) is 5.57. The zero-order valence-electron chi connectivity index (χ0n) is 15.9. The first-order valence-corrected chi connectivity index (χ1v) is 10.7. The molecule has 0 aliphatic heterocycles. The number of methoxy groups -OCH3 is 1. The number of unbranched alkanes of at least 4 members (excludes halogenated alkanes) is 1. The first-order valence-electron chi connectivity index (χ1n) is 9.52. The summed E-state index contributed by atoms with van der Waals surface area (Å²) in [5, 5.41) is 7.70. The van der Waals surface area contributed by atoms with Crippen molar-refractivity contribution in [3.8, 4) is 0 Å². The molecule has 0 bridgehead atoms. The average Bonchev–Trinajstić information content (AvgIpc) is 3.04. The fourth-order valence-electron chi connectivity index (χ4n) is 3.37. The Labute approximate surface area is 170 Å². The number of hydrogen-bond donors (Lipinski definition) is 2. The molecule has 0 spiro atoms. The summed E-state index contributed by atoms with van der Waals surface area (Å²) in [6, 6.07) is 8.34. The van der Waals surface area contributed by atoms with E-state index < -0.39 is 0 Å². The second-order valence-electron chi connectivity index (χ2n) is 6.79. The molecule has 1 aromatic heterocycles. The number of aryl methyl sites for hydroxylation is 2. The zero-order chi connectivity index (χ0) is 19.2. The van der Waals surface area contributed by atoms with E-state index in [1.807, 2.05) is 12.1 Å². The van der Waals surface area contributed by atoms with Gasteiger partial charge in [0.2, 0.25) is 0 Å². The molecule has 0 atom stereocenters. The Morgan fingerprint density at radius 1 is 1.19 bits per heavy atom. The van der Waals surface area contributed by atoms with Crippen molar-refractivity contribution in [2.45, 2.75) is 51.9 Å². The topological polar surface area (TPSA) is 50.4 Å². The van der Waals surface area contributed by atoms with Crippen LogP contribution in [-0.2, 0) is 24.0 Å². The smallest absolute Gasteiger partial charge is 0.341 e. The maximum atomic E-state index is 12.3.